The van der Waals surface area contributed by atoms with Gasteiger partial charge in [0.05, 0.1) is 43.4 Å². The number of urea groups is 1. The predicted molar refractivity (Wildman–Crippen MR) is 88.6 cm³/mol. The maximum absolute atomic E-state index is 12.7. The summed E-state index contributed by atoms with van der Waals surface area (Å²) in [6.07, 6.45) is 5.28. The molecule has 0 saturated carbocycles. The molecule has 2 amide bonds. The molecular formula is C16H21N5O3. The number of hydrogen-bond donors (Lipinski definition) is 1. The number of nitrogens with one attached hydrogen (secondary N) is 1. The first-order valence-electron chi connectivity index (χ1n) is 7.77. The fourth-order valence-corrected chi connectivity index (χ4v) is 2.72. The summed E-state index contributed by atoms with van der Waals surface area (Å²) < 4.78 is 12.3. The van der Waals surface area contributed by atoms with Crippen LogP contribution in [-0.2, 0) is 16.5 Å². The van der Waals surface area contributed by atoms with Crippen molar-refractivity contribution in [1.82, 2.24) is 19.7 Å². The maximum atomic E-state index is 12.7. The number of ether oxygens (including phenoxy) is 2. The van der Waals surface area contributed by atoms with Crippen molar-refractivity contribution in [1.29, 1.82) is 0 Å². The molecule has 1 aliphatic heterocycles. The first kappa shape index (κ1) is 16.4. The van der Waals surface area contributed by atoms with Crippen molar-refractivity contribution < 1.29 is 14.3 Å². The molecule has 0 bridgehead atoms. The van der Waals surface area contributed by atoms with Crippen molar-refractivity contribution in [2.45, 2.75) is 6.04 Å². The zero-order chi connectivity index (χ0) is 16.9. The Morgan fingerprint density at radius 2 is 2.42 bits per heavy atom. The van der Waals surface area contributed by atoms with Crippen LogP contribution in [0.5, 0.6) is 0 Å². The molecular weight excluding hydrogens is 310 g/mol. The molecule has 0 aliphatic carbocycles. The molecule has 128 valence electrons. The van der Waals surface area contributed by atoms with Gasteiger partial charge in [-0.1, -0.05) is 0 Å². The molecule has 0 aromatic carbocycles. The van der Waals surface area contributed by atoms with Gasteiger partial charge < -0.3 is 19.7 Å². The molecule has 24 heavy (non-hydrogen) atoms. The first-order valence-corrected chi connectivity index (χ1v) is 7.77. The summed E-state index contributed by atoms with van der Waals surface area (Å²) in [6.45, 7) is 1.97. The third kappa shape index (κ3) is 3.55. The van der Waals surface area contributed by atoms with E-state index < -0.39 is 0 Å². The highest BCUT2D eigenvalue weighted by Gasteiger charge is 2.27. The van der Waals surface area contributed by atoms with Crippen LogP contribution in [-0.4, -0.2) is 65.2 Å². The number of aryl methyl sites for hydroxylation is 1. The number of carbonyl (C=O) groups is 1. The number of amides is 2. The molecule has 1 aliphatic rings. The van der Waals surface area contributed by atoms with Crippen molar-refractivity contribution in [3.05, 3.63) is 30.7 Å². The lowest BCUT2D eigenvalue weighted by atomic mass is 10.2. The number of carbonyl (C=O) groups excluding carboxylic acids is 1. The number of aromatic nitrogens is 3. The second-order valence-corrected chi connectivity index (χ2v) is 5.61. The van der Waals surface area contributed by atoms with Gasteiger partial charge in [-0.2, -0.15) is 5.10 Å². The van der Waals surface area contributed by atoms with Crippen LogP contribution in [0.1, 0.15) is 0 Å². The van der Waals surface area contributed by atoms with Gasteiger partial charge in [0.1, 0.15) is 0 Å². The largest absolute Gasteiger partial charge is 0.382 e. The second kappa shape index (κ2) is 7.41. The Labute approximate surface area is 140 Å². The second-order valence-electron chi connectivity index (χ2n) is 5.61. The van der Waals surface area contributed by atoms with Crippen molar-refractivity contribution in [3.8, 4) is 11.3 Å². The van der Waals surface area contributed by atoms with Gasteiger partial charge in [-0.15, -0.1) is 0 Å². The number of nitrogens with zero attached hydrogens (tertiary/aromatic N) is 4. The minimum absolute atomic E-state index is 0.0951. The number of rotatable bonds is 4. The molecule has 1 atom stereocenters. The molecule has 8 heteroatoms. The summed E-state index contributed by atoms with van der Waals surface area (Å²) in [7, 11) is 3.46. The Balaban J connectivity index is 1.79. The monoisotopic (exact) mass is 331 g/mol. The number of methoxy groups -OCH3 is 1. The third-order valence-electron chi connectivity index (χ3n) is 3.88. The van der Waals surface area contributed by atoms with Crippen LogP contribution in [0.4, 0.5) is 10.5 Å². The van der Waals surface area contributed by atoms with Gasteiger partial charge in [0.2, 0.25) is 0 Å². The molecule has 1 fully saturated rings. The van der Waals surface area contributed by atoms with Gasteiger partial charge in [0, 0.05) is 38.7 Å². The Hall–Kier alpha value is -2.45. The van der Waals surface area contributed by atoms with Crippen LogP contribution in [0.3, 0.4) is 0 Å². The lowest BCUT2D eigenvalue weighted by Gasteiger charge is -2.35. The van der Waals surface area contributed by atoms with Crippen molar-refractivity contribution >= 4 is 11.7 Å². The predicted octanol–water partition coefficient (Wildman–Crippen LogP) is 1.36. The lowest BCUT2D eigenvalue weighted by molar-refractivity contribution is -0.0133. The summed E-state index contributed by atoms with van der Waals surface area (Å²) in [6, 6.07) is 3.35. The molecule has 8 nitrogen and oxygen atoms in total. The standard InChI is InChI=1S/C16H21N5O3/c1-20-9-12(8-18-20)15-14(4-3-5-17-15)19-16(22)21-6-7-24-11-13(21)10-23-2/h3-5,8-9,13H,6-7,10-11H2,1-2H3,(H,19,22). The van der Waals surface area contributed by atoms with Crippen LogP contribution < -0.4 is 5.32 Å². The van der Waals surface area contributed by atoms with E-state index in [0.29, 0.717) is 37.7 Å². The maximum Gasteiger partial charge on any atom is 0.322 e. The summed E-state index contributed by atoms with van der Waals surface area (Å²) in [5.74, 6) is 0. The van der Waals surface area contributed by atoms with E-state index in [1.54, 1.807) is 35.2 Å². The number of morpholine rings is 1. The quantitative estimate of drug-likeness (QED) is 0.915. The molecule has 1 saturated heterocycles. The van der Waals surface area contributed by atoms with Gasteiger partial charge >= 0.3 is 6.03 Å². The molecule has 1 unspecified atom stereocenters. The van der Waals surface area contributed by atoms with Gasteiger partial charge in [0.25, 0.3) is 0 Å². The van der Waals surface area contributed by atoms with Crippen LogP contribution in [0.25, 0.3) is 11.3 Å². The molecule has 2 aromatic heterocycles. The van der Waals surface area contributed by atoms with Crippen molar-refractivity contribution in [2.75, 3.05) is 38.8 Å². The fourth-order valence-electron chi connectivity index (χ4n) is 2.72. The molecule has 0 radical (unpaired) electrons. The normalized spacial score (nSPS) is 17.8. The molecule has 3 heterocycles. The van der Waals surface area contributed by atoms with Crippen molar-refractivity contribution in [2.24, 2.45) is 7.05 Å². The Morgan fingerprint density at radius 1 is 1.54 bits per heavy atom. The molecule has 0 spiro atoms. The van der Waals surface area contributed by atoms with E-state index in [4.69, 9.17) is 9.47 Å². The highest BCUT2D eigenvalue weighted by molar-refractivity contribution is 5.93. The van der Waals surface area contributed by atoms with Gasteiger partial charge in [-0.3, -0.25) is 9.67 Å². The van der Waals surface area contributed by atoms with E-state index >= 15 is 0 Å². The highest BCUT2D eigenvalue weighted by Crippen LogP contribution is 2.25. The summed E-state index contributed by atoms with van der Waals surface area (Å²) >= 11 is 0. The van der Waals surface area contributed by atoms with Crippen LogP contribution in [0, 0.1) is 0 Å². The molecule has 1 N–H and O–H groups in total. The number of hydrogen-bond acceptors (Lipinski definition) is 5. The fraction of sp³-hybridized carbons (Fsp3) is 0.438. The average Bonchev–Trinajstić information content (AvgIpc) is 3.02. The van der Waals surface area contributed by atoms with Crippen LogP contribution in [0.15, 0.2) is 30.7 Å². The highest BCUT2D eigenvalue weighted by atomic mass is 16.5. The van der Waals surface area contributed by atoms with Gasteiger partial charge in [0.15, 0.2) is 0 Å². The Morgan fingerprint density at radius 3 is 3.17 bits per heavy atom. The van der Waals surface area contributed by atoms with Gasteiger partial charge in [-0.05, 0) is 12.1 Å². The summed E-state index contributed by atoms with van der Waals surface area (Å²) in [5.41, 5.74) is 2.19. The smallest absolute Gasteiger partial charge is 0.322 e. The van der Waals surface area contributed by atoms with E-state index in [1.807, 2.05) is 19.3 Å². The zero-order valence-electron chi connectivity index (χ0n) is 13.8. The van der Waals surface area contributed by atoms with E-state index in [2.05, 4.69) is 15.4 Å². The van der Waals surface area contributed by atoms with Gasteiger partial charge in [-0.25, -0.2) is 4.79 Å². The number of anilines is 1. The topological polar surface area (TPSA) is 81.5 Å². The Kier molecular flexibility index (Phi) is 5.07. The lowest BCUT2D eigenvalue weighted by Crippen LogP contribution is -2.52. The van der Waals surface area contributed by atoms with E-state index in [1.165, 1.54) is 0 Å². The van der Waals surface area contributed by atoms with E-state index in [9.17, 15) is 4.79 Å². The first-order chi connectivity index (χ1) is 11.7. The summed E-state index contributed by atoms with van der Waals surface area (Å²) in [4.78, 5) is 18.8. The zero-order valence-corrected chi connectivity index (χ0v) is 13.8. The number of pyridine rings is 1. The van der Waals surface area contributed by atoms with Crippen molar-refractivity contribution in [3.63, 3.8) is 0 Å². The minimum atomic E-state index is -0.182. The van der Waals surface area contributed by atoms with E-state index in [0.717, 1.165) is 5.56 Å². The average molecular weight is 331 g/mol. The summed E-state index contributed by atoms with van der Waals surface area (Å²) in [5, 5.41) is 7.11. The van der Waals surface area contributed by atoms with E-state index in [-0.39, 0.29) is 12.1 Å². The van der Waals surface area contributed by atoms with Crippen LogP contribution in [0.2, 0.25) is 0 Å². The SMILES string of the molecule is COCC1COCCN1C(=O)Nc1cccnc1-c1cnn(C)c1. The molecule has 2 aromatic rings. The van der Waals surface area contributed by atoms with Crippen LogP contribution >= 0.6 is 0 Å². The Bertz CT molecular complexity index is 701. The third-order valence-corrected chi connectivity index (χ3v) is 3.88. The molecule has 3 rings (SSSR count). The minimum Gasteiger partial charge on any atom is -0.382 e.